The summed E-state index contributed by atoms with van der Waals surface area (Å²) in [4.78, 5) is 4.61. The lowest BCUT2D eigenvalue weighted by Gasteiger charge is -2.19. The molecule has 1 aromatic rings. The second-order valence-electron chi connectivity index (χ2n) is 5.71. The maximum atomic E-state index is 5.86. The third-order valence-electron chi connectivity index (χ3n) is 4.50. The summed E-state index contributed by atoms with van der Waals surface area (Å²) in [5.41, 5.74) is 0. The summed E-state index contributed by atoms with van der Waals surface area (Å²) < 4.78 is 11.3. The smallest absolute Gasteiger partial charge is 0.243 e. The van der Waals surface area contributed by atoms with Gasteiger partial charge in [-0.05, 0) is 38.6 Å². The number of fused-ring (bicyclic) bond motifs is 2. The van der Waals surface area contributed by atoms with Crippen molar-refractivity contribution in [2.45, 2.75) is 62.7 Å². The molecule has 1 aromatic heterocycles. The summed E-state index contributed by atoms with van der Waals surface area (Å²) in [6.07, 6.45) is 7.80. The molecule has 4 heterocycles. The van der Waals surface area contributed by atoms with Gasteiger partial charge in [0.2, 0.25) is 5.89 Å². The normalized spacial score (nSPS) is 39.3. The molecule has 2 bridgehead atoms. The van der Waals surface area contributed by atoms with Gasteiger partial charge in [-0.25, -0.2) is 0 Å². The van der Waals surface area contributed by atoms with E-state index in [0.717, 1.165) is 37.5 Å². The van der Waals surface area contributed by atoms with Crippen LogP contribution in [-0.4, -0.2) is 28.9 Å². The fraction of sp³-hybridized carbons (Fsp3) is 0.846. The quantitative estimate of drug-likeness (QED) is 0.867. The molecule has 0 saturated carbocycles. The molecule has 98 valence electrons. The van der Waals surface area contributed by atoms with Crippen LogP contribution in [0.25, 0.3) is 0 Å². The van der Waals surface area contributed by atoms with Crippen LogP contribution in [0.1, 0.15) is 62.2 Å². The van der Waals surface area contributed by atoms with Crippen molar-refractivity contribution in [1.82, 2.24) is 15.5 Å². The molecule has 4 rings (SSSR count). The zero-order valence-electron chi connectivity index (χ0n) is 10.5. The number of nitrogens with zero attached hydrogens (tertiary/aromatic N) is 2. The van der Waals surface area contributed by atoms with Crippen molar-refractivity contribution in [3.8, 4) is 0 Å². The Bertz CT molecular complexity index is 428. The second-order valence-corrected chi connectivity index (χ2v) is 5.71. The number of nitrogens with one attached hydrogen (secondary N) is 1. The highest BCUT2D eigenvalue weighted by Gasteiger charge is 2.43. The third kappa shape index (κ3) is 1.77. The van der Waals surface area contributed by atoms with Crippen LogP contribution in [0.15, 0.2) is 4.52 Å². The molecule has 3 aliphatic heterocycles. The molecule has 4 atom stereocenters. The van der Waals surface area contributed by atoms with Crippen molar-refractivity contribution in [3.63, 3.8) is 0 Å². The van der Waals surface area contributed by atoms with Crippen molar-refractivity contribution in [1.29, 1.82) is 0 Å². The number of piperidine rings is 1. The summed E-state index contributed by atoms with van der Waals surface area (Å²) in [5, 5.41) is 7.63. The highest BCUT2D eigenvalue weighted by atomic mass is 16.5. The first-order valence-corrected chi connectivity index (χ1v) is 7.12. The van der Waals surface area contributed by atoms with E-state index in [0.29, 0.717) is 18.1 Å². The summed E-state index contributed by atoms with van der Waals surface area (Å²) in [6.45, 7) is 1.06. The predicted octanol–water partition coefficient (Wildman–Crippen LogP) is 1.92. The average Bonchev–Trinajstić information content (AvgIpc) is 3.15. The molecule has 5 nitrogen and oxygen atoms in total. The Kier molecular flexibility index (Phi) is 2.62. The fourth-order valence-corrected chi connectivity index (χ4v) is 3.51. The zero-order valence-corrected chi connectivity index (χ0v) is 10.5. The van der Waals surface area contributed by atoms with Crippen molar-refractivity contribution >= 4 is 0 Å². The lowest BCUT2D eigenvalue weighted by atomic mass is 9.89. The molecule has 1 N–H and O–H groups in total. The number of rotatable bonds is 2. The minimum atomic E-state index is 0.263. The maximum Gasteiger partial charge on any atom is 0.243 e. The van der Waals surface area contributed by atoms with E-state index in [2.05, 4.69) is 15.5 Å². The van der Waals surface area contributed by atoms with E-state index in [1.807, 2.05) is 0 Å². The molecular weight excluding hydrogens is 230 g/mol. The van der Waals surface area contributed by atoms with Crippen LogP contribution < -0.4 is 5.32 Å². The monoisotopic (exact) mass is 249 g/mol. The zero-order chi connectivity index (χ0) is 11.9. The highest BCUT2D eigenvalue weighted by molar-refractivity contribution is 5.08. The first kappa shape index (κ1) is 10.9. The minimum absolute atomic E-state index is 0.263. The van der Waals surface area contributed by atoms with Gasteiger partial charge in [0.05, 0.1) is 24.2 Å². The summed E-state index contributed by atoms with van der Waals surface area (Å²) >= 11 is 0. The Morgan fingerprint density at radius 2 is 2.17 bits per heavy atom. The minimum Gasteiger partial charge on any atom is -0.374 e. The lowest BCUT2D eigenvalue weighted by molar-refractivity contribution is 0.0996. The van der Waals surface area contributed by atoms with Gasteiger partial charge < -0.3 is 14.6 Å². The molecule has 5 heteroatoms. The summed E-state index contributed by atoms with van der Waals surface area (Å²) in [6, 6.07) is 0.263. The van der Waals surface area contributed by atoms with Crippen molar-refractivity contribution in [2.24, 2.45) is 0 Å². The molecule has 18 heavy (non-hydrogen) atoms. The second kappa shape index (κ2) is 4.31. The maximum absolute atomic E-state index is 5.86. The topological polar surface area (TPSA) is 60.2 Å². The Morgan fingerprint density at radius 1 is 1.17 bits per heavy atom. The lowest BCUT2D eigenvalue weighted by Crippen LogP contribution is -2.27. The van der Waals surface area contributed by atoms with Crippen LogP contribution in [0, 0.1) is 0 Å². The van der Waals surface area contributed by atoms with Gasteiger partial charge in [-0.2, -0.15) is 4.98 Å². The van der Waals surface area contributed by atoms with Gasteiger partial charge in [0, 0.05) is 0 Å². The summed E-state index contributed by atoms with van der Waals surface area (Å²) in [7, 11) is 0. The Labute approximate surface area is 106 Å². The van der Waals surface area contributed by atoms with E-state index < -0.39 is 0 Å². The number of hydrogen-bond acceptors (Lipinski definition) is 5. The van der Waals surface area contributed by atoms with Crippen LogP contribution >= 0.6 is 0 Å². The molecule has 0 radical (unpaired) electrons. The largest absolute Gasteiger partial charge is 0.374 e. The highest BCUT2D eigenvalue weighted by Crippen LogP contribution is 2.43. The van der Waals surface area contributed by atoms with Crippen LogP contribution in [0.4, 0.5) is 0 Å². The molecule has 0 aromatic carbocycles. The molecule has 3 unspecified atom stereocenters. The van der Waals surface area contributed by atoms with Crippen molar-refractivity contribution in [2.75, 3.05) is 6.54 Å². The third-order valence-corrected chi connectivity index (χ3v) is 4.50. The van der Waals surface area contributed by atoms with Gasteiger partial charge in [-0.15, -0.1) is 0 Å². The van der Waals surface area contributed by atoms with Crippen LogP contribution in [0.2, 0.25) is 0 Å². The Balaban J connectivity index is 1.51. The molecule has 0 spiro atoms. The number of ether oxygens (including phenoxy) is 1. The summed E-state index contributed by atoms with van der Waals surface area (Å²) in [5.74, 6) is 2.00. The standard InChI is InChI=1S/C13H19N3O2/c1-2-6-14-10(3-1)13-15-12(16-18-13)9-7-8-4-5-11(9)17-8/h8-11,14H,1-7H2/t8?,9?,10-,11?/m0/s1. The number of aromatic nitrogens is 2. The van der Waals surface area contributed by atoms with Crippen LogP contribution in [0.5, 0.6) is 0 Å². The van der Waals surface area contributed by atoms with Gasteiger partial charge >= 0.3 is 0 Å². The van der Waals surface area contributed by atoms with Gasteiger partial charge in [0.15, 0.2) is 5.82 Å². The van der Waals surface area contributed by atoms with Gasteiger partial charge in [0.25, 0.3) is 0 Å². The first-order valence-electron chi connectivity index (χ1n) is 7.12. The Hall–Kier alpha value is -0.940. The van der Waals surface area contributed by atoms with E-state index in [1.54, 1.807) is 0 Å². The van der Waals surface area contributed by atoms with E-state index in [4.69, 9.17) is 9.26 Å². The van der Waals surface area contributed by atoms with E-state index in [-0.39, 0.29) is 6.04 Å². The predicted molar refractivity (Wildman–Crippen MR) is 64.1 cm³/mol. The van der Waals surface area contributed by atoms with Crippen molar-refractivity contribution < 1.29 is 9.26 Å². The fourth-order valence-electron chi connectivity index (χ4n) is 3.51. The molecule has 0 aliphatic carbocycles. The van der Waals surface area contributed by atoms with E-state index in [9.17, 15) is 0 Å². The van der Waals surface area contributed by atoms with Crippen molar-refractivity contribution in [3.05, 3.63) is 11.7 Å². The van der Waals surface area contributed by atoms with E-state index in [1.165, 1.54) is 19.3 Å². The molecule has 0 amide bonds. The van der Waals surface area contributed by atoms with E-state index >= 15 is 0 Å². The van der Waals surface area contributed by atoms with Crippen LogP contribution in [-0.2, 0) is 4.74 Å². The average molecular weight is 249 g/mol. The molecule has 3 saturated heterocycles. The SMILES string of the molecule is C1CC[C@@H](c2nc(C3CC4CCC3O4)no2)NC1. The molecule has 3 aliphatic rings. The Morgan fingerprint density at radius 3 is 2.89 bits per heavy atom. The molecule has 3 fully saturated rings. The molecular formula is C13H19N3O2. The van der Waals surface area contributed by atoms with Gasteiger partial charge in [-0.1, -0.05) is 11.6 Å². The van der Waals surface area contributed by atoms with Crippen LogP contribution in [0.3, 0.4) is 0 Å². The van der Waals surface area contributed by atoms with Gasteiger partial charge in [0.1, 0.15) is 0 Å². The first-order chi connectivity index (χ1) is 8.90. The van der Waals surface area contributed by atoms with Gasteiger partial charge in [-0.3, -0.25) is 0 Å². The number of hydrogen-bond donors (Lipinski definition) is 1.